The van der Waals surface area contributed by atoms with Gasteiger partial charge in [-0.1, -0.05) is 27.7 Å². The number of aliphatic hydroxyl groups excluding tert-OH is 4. The Kier molecular flexibility index (Phi) is 10.3. The number of nitrogens with zero attached hydrogens (tertiary/aromatic N) is 1. The van der Waals surface area contributed by atoms with E-state index in [0.717, 1.165) is 5.56 Å². The van der Waals surface area contributed by atoms with E-state index in [4.69, 9.17) is 4.74 Å². The molecule has 0 unspecified atom stereocenters. The number of hydrogen-bond donors (Lipinski definition) is 7. The monoisotopic (exact) mass is 753 g/mol. The summed E-state index contributed by atoms with van der Waals surface area (Å²) in [6, 6.07) is 5.21. The van der Waals surface area contributed by atoms with Crippen molar-refractivity contribution in [1.29, 1.82) is 0 Å². The smallest absolute Gasteiger partial charge is 0.230 e. The number of anilines is 1. The van der Waals surface area contributed by atoms with Gasteiger partial charge in [0, 0.05) is 36.2 Å². The summed E-state index contributed by atoms with van der Waals surface area (Å²) in [5.74, 6) is -0.681. The maximum absolute atomic E-state index is 14.3. The number of carbonyl (C=O) groups excluding carboxylic acids is 2. The number of aliphatic hydroxyl groups is 6. The predicted octanol–water partition coefficient (Wildman–Crippen LogP) is 3.81. The lowest BCUT2D eigenvalue weighted by Crippen LogP contribution is -2.67. The number of amides is 1. The fourth-order valence-electron chi connectivity index (χ4n) is 12.5. The van der Waals surface area contributed by atoms with Crippen LogP contribution in [-0.2, 0) is 20.7 Å². The van der Waals surface area contributed by atoms with E-state index in [0.29, 0.717) is 81.5 Å². The van der Waals surface area contributed by atoms with Crippen LogP contribution in [0.1, 0.15) is 104 Å². The summed E-state index contributed by atoms with van der Waals surface area (Å²) in [5.41, 5.74) is -3.90. The van der Waals surface area contributed by atoms with Crippen molar-refractivity contribution >= 4 is 17.4 Å². The number of ketones is 1. The lowest BCUT2D eigenvalue weighted by atomic mass is 9.40. The summed E-state index contributed by atoms with van der Waals surface area (Å²) in [5, 5.41) is 78.8. The number of hydrogen-bond acceptors (Lipinski definition) is 10. The molecule has 2 heterocycles. The first-order valence-corrected chi connectivity index (χ1v) is 20.5. The van der Waals surface area contributed by atoms with E-state index in [2.05, 4.69) is 20.8 Å². The molecule has 11 heteroatoms. The van der Waals surface area contributed by atoms with E-state index < -0.39 is 58.3 Å². The van der Waals surface area contributed by atoms with Gasteiger partial charge in [-0.2, -0.15) is 0 Å². The van der Waals surface area contributed by atoms with Crippen molar-refractivity contribution in [2.75, 3.05) is 24.7 Å². The second-order valence-corrected chi connectivity index (χ2v) is 18.9. The Morgan fingerprint density at radius 3 is 2.43 bits per heavy atom. The van der Waals surface area contributed by atoms with Gasteiger partial charge in [0.05, 0.1) is 41.5 Å². The first-order valence-electron chi connectivity index (χ1n) is 20.5. The fraction of sp³-hybridized carbons (Fsp3) is 0.767. The molecule has 11 nitrogen and oxygen atoms in total. The summed E-state index contributed by atoms with van der Waals surface area (Å²) >= 11 is 0. The zero-order chi connectivity index (χ0) is 39.2. The number of ether oxygens (including phenoxy) is 1. The molecule has 0 bridgehead atoms. The second kappa shape index (κ2) is 13.9. The molecule has 0 radical (unpaired) electrons. The van der Waals surface area contributed by atoms with Crippen LogP contribution in [0.3, 0.4) is 0 Å². The third-order valence-electron chi connectivity index (χ3n) is 16.1. The van der Waals surface area contributed by atoms with Crippen LogP contribution in [0, 0.1) is 45.8 Å². The van der Waals surface area contributed by atoms with Crippen LogP contribution < -0.4 is 4.90 Å². The van der Waals surface area contributed by atoms with E-state index in [1.54, 1.807) is 17.0 Å². The van der Waals surface area contributed by atoms with Crippen LogP contribution in [0.15, 0.2) is 29.8 Å². The van der Waals surface area contributed by atoms with Gasteiger partial charge in [-0.3, -0.25) is 9.59 Å². The topological polar surface area (TPSA) is 192 Å². The number of aromatic hydroxyl groups is 1. The standard InChI is InChI=1S/C43H63NO10/c1-24(2)25(3)36-37(54-36)40(5,52)34-10-14-43(53)31-20-35(50)42(23-46)22-33(49)32(48)21-39(42,4)30(31)9-13-41(34,43)12-8-26-17-28(19-29(47)18-26)44-15-11-27(38(44)51)7-6-16-45/h17-20,24-25,27,30,32-34,36-37,45-49,52-53H,6-16,21-23H2,1-5H3/t25-,27-,30+,32+,33-,34-,36+,37-,39-,40-,41-,42-,43-/m1/s1. The molecule has 7 rings (SSSR count). The Hall–Kier alpha value is -2.38. The molecule has 7 N–H and O–H groups in total. The molecule has 1 aromatic rings. The van der Waals surface area contributed by atoms with Gasteiger partial charge in [-0.05, 0) is 136 Å². The zero-order valence-electron chi connectivity index (χ0n) is 32.7. The molecular weight excluding hydrogens is 690 g/mol. The number of rotatable bonds is 12. The van der Waals surface area contributed by atoms with Gasteiger partial charge < -0.3 is 45.4 Å². The van der Waals surface area contributed by atoms with Crippen LogP contribution in [0.25, 0.3) is 0 Å². The number of allylic oxidation sites excluding steroid dienone is 1. The van der Waals surface area contributed by atoms with E-state index in [1.807, 2.05) is 19.9 Å². The van der Waals surface area contributed by atoms with Gasteiger partial charge in [0.25, 0.3) is 0 Å². The van der Waals surface area contributed by atoms with Crippen LogP contribution >= 0.6 is 0 Å². The molecule has 6 aliphatic rings. The van der Waals surface area contributed by atoms with E-state index >= 15 is 0 Å². The Morgan fingerprint density at radius 1 is 1.02 bits per heavy atom. The highest BCUT2D eigenvalue weighted by molar-refractivity contribution is 5.98. The lowest BCUT2D eigenvalue weighted by molar-refractivity contribution is -0.195. The van der Waals surface area contributed by atoms with Crippen LogP contribution in [-0.4, -0.2) is 103 Å². The van der Waals surface area contributed by atoms with Gasteiger partial charge in [0.2, 0.25) is 5.91 Å². The van der Waals surface area contributed by atoms with Gasteiger partial charge in [-0.15, -0.1) is 0 Å². The number of aryl methyl sites for hydroxylation is 1. The molecule has 2 aliphatic heterocycles. The molecule has 1 aromatic carbocycles. The van der Waals surface area contributed by atoms with Crippen LogP contribution in [0.5, 0.6) is 5.75 Å². The molecule has 0 aromatic heterocycles. The van der Waals surface area contributed by atoms with Gasteiger partial charge in [0.1, 0.15) is 11.9 Å². The van der Waals surface area contributed by atoms with Crippen molar-refractivity contribution in [3.63, 3.8) is 0 Å². The van der Waals surface area contributed by atoms with Crippen molar-refractivity contribution in [2.45, 2.75) is 141 Å². The quantitative estimate of drug-likeness (QED) is 0.155. The average Bonchev–Trinajstić information content (AvgIpc) is 3.76. The van der Waals surface area contributed by atoms with Crippen LogP contribution in [0.4, 0.5) is 5.69 Å². The highest BCUT2D eigenvalue weighted by atomic mass is 16.6. The Morgan fingerprint density at radius 2 is 1.74 bits per heavy atom. The minimum absolute atomic E-state index is 0.0190. The molecule has 4 aliphatic carbocycles. The minimum atomic E-state index is -1.50. The zero-order valence-corrected chi connectivity index (χ0v) is 32.7. The third kappa shape index (κ3) is 5.85. The summed E-state index contributed by atoms with van der Waals surface area (Å²) in [6.07, 6.45) is 3.41. The number of phenolic OH excluding ortho intramolecular Hbond substituents is 1. The van der Waals surface area contributed by atoms with Gasteiger partial charge in [0.15, 0.2) is 5.78 Å². The van der Waals surface area contributed by atoms with Crippen molar-refractivity contribution < 1.29 is 50.1 Å². The SMILES string of the molecule is CC(C)[C@@H](C)[C@@H]1O[C@H]1[C@](C)(O)[C@H]1CC[C@@]2(O)C3=CC(=O)[C@]4(CO)C[C@@H](O)[C@@H](O)C[C@]4(C)[C@H]3CC[C@]12CCc1cc(O)cc(N2CC[C@@H](CCCO)C2=O)c1. The Bertz CT molecular complexity index is 1660. The highest BCUT2D eigenvalue weighted by Gasteiger charge is 2.74. The maximum Gasteiger partial charge on any atom is 0.230 e. The molecule has 2 saturated heterocycles. The van der Waals surface area contributed by atoms with Crippen molar-refractivity contribution in [2.24, 2.45) is 45.8 Å². The van der Waals surface area contributed by atoms with Crippen molar-refractivity contribution in [3.05, 3.63) is 35.4 Å². The molecule has 3 saturated carbocycles. The fourth-order valence-corrected chi connectivity index (χ4v) is 12.5. The Labute approximate surface area is 319 Å². The largest absolute Gasteiger partial charge is 0.508 e. The molecule has 54 heavy (non-hydrogen) atoms. The number of carbonyl (C=O) groups is 2. The highest BCUT2D eigenvalue weighted by Crippen LogP contribution is 2.72. The first-order chi connectivity index (χ1) is 25.4. The van der Waals surface area contributed by atoms with Crippen molar-refractivity contribution in [1.82, 2.24) is 0 Å². The van der Waals surface area contributed by atoms with Gasteiger partial charge in [-0.25, -0.2) is 0 Å². The predicted molar refractivity (Wildman–Crippen MR) is 201 cm³/mol. The molecule has 0 spiro atoms. The lowest BCUT2D eigenvalue weighted by Gasteiger charge is -2.64. The van der Waals surface area contributed by atoms with Crippen molar-refractivity contribution in [3.8, 4) is 5.75 Å². The summed E-state index contributed by atoms with van der Waals surface area (Å²) < 4.78 is 6.27. The average molecular weight is 754 g/mol. The normalized spacial score (nSPS) is 42.0. The summed E-state index contributed by atoms with van der Waals surface area (Å²) in [7, 11) is 0. The van der Waals surface area contributed by atoms with Gasteiger partial charge >= 0.3 is 0 Å². The number of epoxide rings is 1. The first kappa shape index (κ1) is 39.8. The molecule has 5 fully saturated rings. The van der Waals surface area contributed by atoms with E-state index in [-0.39, 0.29) is 60.7 Å². The summed E-state index contributed by atoms with van der Waals surface area (Å²) in [6.45, 7) is 10.3. The molecular formula is C43H63NO10. The number of fused-ring (bicyclic) bond motifs is 5. The van der Waals surface area contributed by atoms with E-state index in [1.165, 1.54) is 6.08 Å². The molecule has 13 atom stereocenters. The molecule has 300 valence electrons. The number of phenols is 1. The van der Waals surface area contributed by atoms with E-state index in [9.17, 15) is 45.3 Å². The Balaban J connectivity index is 1.26. The van der Waals surface area contributed by atoms with Crippen LogP contribution in [0.2, 0.25) is 0 Å². The minimum Gasteiger partial charge on any atom is -0.508 e. The maximum atomic E-state index is 14.3. The number of benzene rings is 1. The third-order valence-corrected chi connectivity index (χ3v) is 16.1. The second-order valence-electron chi connectivity index (χ2n) is 18.9. The summed E-state index contributed by atoms with van der Waals surface area (Å²) in [4.78, 5) is 29.4. The molecule has 1 amide bonds.